The molecule has 2 fully saturated rings. The maximum absolute atomic E-state index is 10.6. The molecule has 3 rings (SSSR count). The summed E-state index contributed by atoms with van der Waals surface area (Å²) in [5.74, 6) is 0.691. The van der Waals surface area contributed by atoms with E-state index in [1.54, 1.807) is 12.4 Å². The molecule has 5 nitrogen and oxygen atoms in total. The Morgan fingerprint density at radius 3 is 3.10 bits per heavy atom. The molecule has 0 aliphatic carbocycles. The first-order valence-corrected chi connectivity index (χ1v) is 7.79. The predicted octanol–water partition coefficient (Wildman–Crippen LogP) is 1.77. The standard InChI is InChI=1S/C16H24N2O3/c1-11(2)21-14-6-12(7-17-8-14)16(19)15-9-18-5-3-4-13(18)10-20-15/h6-8,11,13,15-16,19H,3-5,9-10H2,1-2H3. The topological polar surface area (TPSA) is 54.8 Å². The number of hydrogen-bond acceptors (Lipinski definition) is 5. The normalized spacial score (nSPS) is 27.6. The van der Waals surface area contributed by atoms with Crippen molar-refractivity contribution in [1.82, 2.24) is 9.88 Å². The van der Waals surface area contributed by atoms with Crippen molar-refractivity contribution in [2.45, 2.75) is 51.0 Å². The van der Waals surface area contributed by atoms with Gasteiger partial charge in [-0.2, -0.15) is 0 Å². The van der Waals surface area contributed by atoms with Crippen molar-refractivity contribution in [2.75, 3.05) is 19.7 Å². The van der Waals surface area contributed by atoms with E-state index in [1.807, 2.05) is 19.9 Å². The largest absolute Gasteiger partial charge is 0.489 e. The molecule has 2 saturated heterocycles. The second-order valence-corrected chi connectivity index (χ2v) is 6.23. The fourth-order valence-electron chi connectivity index (χ4n) is 3.18. The molecule has 5 heteroatoms. The molecule has 21 heavy (non-hydrogen) atoms. The number of ether oxygens (including phenoxy) is 2. The van der Waals surface area contributed by atoms with E-state index in [1.165, 1.54) is 12.8 Å². The minimum absolute atomic E-state index is 0.0930. The van der Waals surface area contributed by atoms with E-state index in [4.69, 9.17) is 9.47 Å². The van der Waals surface area contributed by atoms with Crippen LogP contribution in [0.3, 0.4) is 0 Å². The highest BCUT2D eigenvalue weighted by molar-refractivity contribution is 5.26. The summed E-state index contributed by atoms with van der Waals surface area (Å²) >= 11 is 0. The lowest BCUT2D eigenvalue weighted by Crippen LogP contribution is -2.48. The van der Waals surface area contributed by atoms with Crippen LogP contribution < -0.4 is 4.74 Å². The average molecular weight is 292 g/mol. The van der Waals surface area contributed by atoms with Gasteiger partial charge in [0.15, 0.2) is 0 Å². The summed E-state index contributed by atoms with van der Waals surface area (Å²) in [5, 5.41) is 10.6. The van der Waals surface area contributed by atoms with E-state index < -0.39 is 6.10 Å². The van der Waals surface area contributed by atoms with Crippen LogP contribution in [0, 0.1) is 0 Å². The van der Waals surface area contributed by atoms with Gasteiger partial charge in [-0.3, -0.25) is 9.88 Å². The third kappa shape index (κ3) is 3.36. The zero-order valence-electron chi connectivity index (χ0n) is 12.7. The molecule has 1 aromatic heterocycles. The van der Waals surface area contributed by atoms with Crippen LogP contribution in [-0.2, 0) is 4.74 Å². The van der Waals surface area contributed by atoms with Crippen LogP contribution in [0.25, 0.3) is 0 Å². The molecule has 3 atom stereocenters. The maximum Gasteiger partial charge on any atom is 0.138 e. The molecular weight excluding hydrogens is 268 g/mol. The second-order valence-electron chi connectivity index (χ2n) is 6.23. The minimum atomic E-state index is -0.658. The number of aliphatic hydroxyl groups excluding tert-OH is 1. The Labute approximate surface area is 125 Å². The Kier molecular flexibility index (Phi) is 4.42. The zero-order valence-corrected chi connectivity index (χ0v) is 12.7. The lowest BCUT2D eigenvalue weighted by molar-refractivity contribution is -0.103. The van der Waals surface area contributed by atoms with Crippen molar-refractivity contribution in [1.29, 1.82) is 0 Å². The maximum atomic E-state index is 10.6. The number of aromatic nitrogens is 1. The highest BCUT2D eigenvalue weighted by Crippen LogP contribution is 2.29. The molecule has 3 unspecified atom stereocenters. The van der Waals surface area contributed by atoms with Crippen molar-refractivity contribution in [3.05, 3.63) is 24.0 Å². The third-order valence-corrected chi connectivity index (χ3v) is 4.22. The van der Waals surface area contributed by atoms with Crippen LogP contribution in [0.1, 0.15) is 38.4 Å². The fourth-order valence-corrected chi connectivity index (χ4v) is 3.18. The molecular formula is C16H24N2O3. The van der Waals surface area contributed by atoms with Gasteiger partial charge < -0.3 is 14.6 Å². The Morgan fingerprint density at radius 2 is 2.29 bits per heavy atom. The Balaban J connectivity index is 1.68. The average Bonchev–Trinajstić information content (AvgIpc) is 2.93. The lowest BCUT2D eigenvalue weighted by atomic mass is 10.0. The minimum Gasteiger partial charge on any atom is -0.489 e. The number of nitrogens with zero attached hydrogens (tertiary/aromatic N) is 2. The van der Waals surface area contributed by atoms with Crippen LogP contribution in [0.2, 0.25) is 0 Å². The number of aliphatic hydroxyl groups is 1. The van der Waals surface area contributed by atoms with E-state index in [0.717, 1.165) is 25.3 Å². The summed E-state index contributed by atoms with van der Waals surface area (Å²) in [6, 6.07) is 2.40. The monoisotopic (exact) mass is 292 g/mol. The van der Waals surface area contributed by atoms with Gasteiger partial charge in [0.1, 0.15) is 18.0 Å². The third-order valence-electron chi connectivity index (χ3n) is 4.22. The van der Waals surface area contributed by atoms with Gasteiger partial charge in [0, 0.05) is 24.3 Å². The molecule has 1 N–H and O–H groups in total. The molecule has 116 valence electrons. The van der Waals surface area contributed by atoms with E-state index >= 15 is 0 Å². The molecule has 0 radical (unpaired) electrons. The molecule has 2 aliphatic rings. The molecule has 3 heterocycles. The quantitative estimate of drug-likeness (QED) is 0.916. The number of hydrogen-bond donors (Lipinski definition) is 1. The van der Waals surface area contributed by atoms with Gasteiger partial charge in [0.25, 0.3) is 0 Å². The summed E-state index contributed by atoms with van der Waals surface area (Å²) in [4.78, 5) is 6.60. The number of fused-ring (bicyclic) bond motifs is 1. The van der Waals surface area contributed by atoms with Gasteiger partial charge in [0.05, 0.1) is 18.9 Å². The van der Waals surface area contributed by atoms with Crippen LogP contribution >= 0.6 is 0 Å². The van der Waals surface area contributed by atoms with Crippen molar-refractivity contribution < 1.29 is 14.6 Å². The van der Waals surface area contributed by atoms with Gasteiger partial charge in [0.2, 0.25) is 0 Å². The van der Waals surface area contributed by atoms with Gasteiger partial charge >= 0.3 is 0 Å². The molecule has 0 aromatic carbocycles. The van der Waals surface area contributed by atoms with Gasteiger partial charge in [-0.05, 0) is 39.3 Å². The first-order chi connectivity index (χ1) is 10.1. The summed E-state index contributed by atoms with van der Waals surface area (Å²) in [7, 11) is 0. The summed E-state index contributed by atoms with van der Waals surface area (Å²) in [6.07, 6.45) is 5.06. The van der Waals surface area contributed by atoms with Crippen molar-refractivity contribution >= 4 is 0 Å². The van der Waals surface area contributed by atoms with Crippen LogP contribution in [0.4, 0.5) is 0 Å². The number of rotatable bonds is 4. The number of pyridine rings is 1. The first-order valence-electron chi connectivity index (χ1n) is 7.79. The first kappa shape index (κ1) is 14.8. The Morgan fingerprint density at radius 1 is 1.43 bits per heavy atom. The number of morpholine rings is 1. The molecule has 0 spiro atoms. The smallest absolute Gasteiger partial charge is 0.138 e. The molecule has 0 bridgehead atoms. The van der Waals surface area contributed by atoms with Crippen molar-refractivity contribution in [2.24, 2.45) is 0 Å². The molecule has 0 saturated carbocycles. The second kappa shape index (κ2) is 6.30. The van der Waals surface area contributed by atoms with Crippen molar-refractivity contribution in [3.63, 3.8) is 0 Å². The van der Waals surface area contributed by atoms with E-state index in [9.17, 15) is 5.11 Å². The molecule has 0 amide bonds. The highest BCUT2D eigenvalue weighted by atomic mass is 16.5. The van der Waals surface area contributed by atoms with Gasteiger partial charge in [-0.25, -0.2) is 0 Å². The predicted molar refractivity (Wildman–Crippen MR) is 79.3 cm³/mol. The molecule has 2 aliphatic heterocycles. The van der Waals surface area contributed by atoms with Crippen LogP contribution in [0.15, 0.2) is 18.5 Å². The summed E-state index contributed by atoms with van der Waals surface area (Å²) < 4.78 is 11.5. The van der Waals surface area contributed by atoms with Crippen LogP contribution in [0.5, 0.6) is 5.75 Å². The Bertz CT molecular complexity index is 480. The fraction of sp³-hybridized carbons (Fsp3) is 0.688. The SMILES string of the molecule is CC(C)Oc1cncc(C(O)C2CN3CCCC3CO2)c1. The van der Waals surface area contributed by atoms with E-state index in [0.29, 0.717) is 11.8 Å². The van der Waals surface area contributed by atoms with Gasteiger partial charge in [-0.15, -0.1) is 0 Å². The lowest BCUT2D eigenvalue weighted by Gasteiger charge is -2.37. The highest BCUT2D eigenvalue weighted by Gasteiger charge is 2.35. The molecule has 1 aromatic rings. The van der Waals surface area contributed by atoms with Gasteiger partial charge in [-0.1, -0.05) is 0 Å². The zero-order chi connectivity index (χ0) is 14.8. The van der Waals surface area contributed by atoms with E-state index in [-0.39, 0.29) is 12.2 Å². The summed E-state index contributed by atoms with van der Waals surface area (Å²) in [5.41, 5.74) is 0.760. The van der Waals surface area contributed by atoms with Crippen molar-refractivity contribution in [3.8, 4) is 5.75 Å². The van der Waals surface area contributed by atoms with E-state index in [2.05, 4.69) is 9.88 Å². The summed E-state index contributed by atoms with van der Waals surface area (Å²) in [6.45, 7) is 6.58. The Hall–Kier alpha value is -1.17. The van der Waals surface area contributed by atoms with Crippen LogP contribution in [-0.4, -0.2) is 52.9 Å².